The van der Waals surface area contributed by atoms with E-state index >= 15 is 0 Å². The molecule has 130 valence electrons. The van der Waals surface area contributed by atoms with Gasteiger partial charge in [-0.15, -0.1) is 0 Å². The molecule has 0 radical (unpaired) electrons. The van der Waals surface area contributed by atoms with Crippen molar-refractivity contribution in [1.82, 2.24) is 20.0 Å². The lowest BCUT2D eigenvalue weighted by Crippen LogP contribution is -2.26. The van der Waals surface area contributed by atoms with Gasteiger partial charge in [0.25, 0.3) is 0 Å². The highest BCUT2D eigenvalue weighted by atomic mass is 16.5. The molecule has 25 heavy (non-hydrogen) atoms. The van der Waals surface area contributed by atoms with Crippen LogP contribution in [0.4, 0.5) is 0 Å². The van der Waals surface area contributed by atoms with Crippen LogP contribution in [0.5, 0.6) is 0 Å². The van der Waals surface area contributed by atoms with Crippen molar-refractivity contribution in [2.45, 2.75) is 13.8 Å². The van der Waals surface area contributed by atoms with Gasteiger partial charge in [-0.25, -0.2) is 15.6 Å². The summed E-state index contributed by atoms with van der Waals surface area (Å²) in [6.07, 6.45) is 3.33. The summed E-state index contributed by atoms with van der Waals surface area (Å²) >= 11 is 0. The maximum Gasteiger partial charge on any atom is 0.356 e. The minimum Gasteiger partial charge on any atom is -0.461 e. The summed E-state index contributed by atoms with van der Waals surface area (Å²) < 4.78 is 4.98. The Morgan fingerprint density at radius 2 is 2.04 bits per heavy atom. The summed E-state index contributed by atoms with van der Waals surface area (Å²) in [6, 6.07) is 3.58. The zero-order chi connectivity index (χ0) is 18.1. The first-order valence-corrected chi connectivity index (χ1v) is 7.82. The number of hydrazine groups is 1. The van der Waals surface area contributed by atoms with Crippen LogP contribution in [-0.4, -0.2) is 39.6 Å². The number of nitrogens with one attached hydrogen (secondary N) is 1. The molecule has 0 bridgehead atoms. The van der Waals surface area contributed by atoms with Gasteiger partial charge < -0.3 is 20.5 Å². The molecule has 0 saturated carbocycles. The first-order chi connectivity index (χ1) is 11.9. The number of nitrogens with two attached hydrogens (primary N) is 2. The number of fused-ring (bicyclic) bond motifs is 3. The summed E-state index contributed by atoms with van der Waals surface area (Å²) in [6.45, 7) is 3.84. The van der Waals surface area contributed by atoms with E-state index < -0.39 is 5.97 Å². The Morgan fingerprint density at radius 3 is 2.68 bits per heavy atom. The number of pyridine rings is 2. The minimum absolute atomic E-state index is 0.251. The average molecular weight is 340 g/mol. The predicted molar refractivity (Wildman–Crippen MR) is 96.1 cm³/mol. The molecule has 3 rings (SSSR count). The fourth-order valence-corrected chi connectivity index (χ4v) is 2.82. The molecular weight excluding hydrogens is 320 g/mol. The zero-order valence-electron chi connectivity index (χ0n) is 14.3. The van der Waals surface area contributed by atoms with E-state index in [0.717, 1.165) is 27.5 Å². The Bertz CT molecular complexity index is 985. The number of rotatable bonds is 4. The molecule has 5 N–H and O–H groups in total. The van der Waals surface area contributed by atoms with Gasteiger partial charge >= 0.3 is 5.97 Å². The number of nitrogens with zero attached hydrogens (tertiary/aromatic N) is 3. The van der Waals surface area contributed by atoms with Crippen LogP contribution in [0.1, 0.15) is 29.9 Å². The molecule has 0 unspecified atom stereocenters. The Labute approximate surface area is 144 Å². The summed E-state index contributed by atoms with van der Waals surface area (Å²) in [4.78, 5) is 23.8. The van der Waals surface area contributed by atoms with E-state index in [1.165, 1.54) is 5.01 Å². The molecular formula is C17H20N6O2. The molecule has 3 aromatic heterocycles. The van der Waals surface area contributed by atoms with Crippen molar-refractivity contribution in [3.63, 3.8) is 0 Å². The lowest BCUT2D eigenvalue weighted by atomic mass is 10.1. The van der Waals surface area contributed by atoms with Crippen LogP contribution in [0.25, 0.3) is 27.6 Å². The zero-order valence-corrected chi connectivity index (χ0v) is 14.3. The SMILES string of the molecule is CCOC(=O)c1cc2[nH]c3cc(/C(=C(\C)N)N(C)N)cnc3c2cn1. The third-order valence-corrected chi connectivity index (χ3v) is 3.80. The molecule has 8 nitrogen and oxygen atoms in total. The number of allylic oxidation sites excluding steroid dienone is 1. The van der Waals surface area contributed by atoms with Crippen LogP contribution >= 0.6 is 0 Å². The van der Waals surface area contributed by atoms with Crippen LogP contribution in [0.2, 0.25) is 0 Å². The van der Waals surface area contributed by atoms with Gasteiger partial charge in [-0.3, -0.25) is 4.98 Å². The molecule has 0 saturated heterocycles. The molecule has 3 heterocycles. The number of carbonyl (C=O) groups excluding carboxylic acids is 1. The number of hydrogen-bond donors (Lipinski definition) is 3. The number of aromatic amines is 1. The van der Waals surface area contributed by atoms with Crippen molar-refractivity contribution in [2.24, 2.45) is 11.6 Å². The summed E-state index contributed by atoms with van der Waals surface area (Å²) in [5.74, 6) is 5.41. The Hall–Kier alpha value is -3.13. The van der Waals surface area contributed by atoms with Crippen molar-refractivity contribution < 1.29 is 9.53 Å². The molecule has 3 aromatic rings. The van der Waals surface area contributed by atoms with Gasteiger partial charge in [0.1, 0.15) is 5.69 Å². The maximum atomic E-state index is 11.8. The van der Waals surface area contributed by atoms with E-state index in [4.69, 9.17) is 16.3 Å². The molecule has 0 aliphatic heterocycles. The van der Waals surface area contributed by atoms with E-state index in [1.807, 2.05) is 6.07 Å². The number of H-pyrrole nitrogens is 1. The van der Waals surface area contributed by atoms with Crippen molar-refractivity contribution in [3.05, 3.63) is 41.5 Å². The van der Waals surface area contributed by atoms with Gasteiger partial charge in [0.2, 0.25) is 0 Å². The Morgan fingerprint density at radius 1 is 1.28 bits per heavy atom. The van der Waals surface area contributed by atoms with Gasteiger partial charge in [0, 0.05) is 36.1 Å². The van der Waals surface area contributed by atoms with Crippen molar-refractivity contribution in [1.29, 1.82) is 0 Å². The minimum atomic E-state index is -0.453. The second kappa shape index (κ2) is 6.40. The highest BCUT2D eigenvalue weighted by Crippen LogP contribution is 2.27. The second-order valence-corrected chi connectivity index (χ2v) is 5.72. The Kier molecular flexibility index (Phi) is 4.28. The highest BCUT2D eigenvalue weighted by molar-refractivity contribution is 6.06. The van der Waals surface area contributed by atoms with E-state index in [0.29, 0.717) is 18.0 Å². The molecule has 0 fully saturated rings. The van der Waals surface area contributed by atoms with E-state index in [9.17, 15) is 4.79 Å². The standard InChI is InChI=1S/C17H20N6O2/c1-4-25-17(24)14-6-12-11(8-20-14)15-13(22-12)5-10(7-21-15)16(9(2)18)23(3)19/h5-8,22H,4,18-19H2,1-3H3/b16-9-. The average Bonchev–Trinajstić information content (AvgIpc) is 2.91. The number of ether oxygens (including phenoxy) is 1. The van der Waals surface area contributed by atoms with Crippen LogP contribution in [0.15, 0.2) is 30.2 Å². The van der Waals surface area contributed by atoms with Crippen LogP contribution in [0, 0.1) is 0 Å². The van der Waals surface area contributed by atoms with E-state index in [1.54, 1.807) is 39.4 Å². The summed E-state index contributed by atoms with van der Waals surface area (Å²) in [5, 5.41) is 2.28. The van der Waals surface area contributed by atoms with Gasteiger partial charge in [0.15, 0.2) is 0 Å². The smallest absolute Gasteiger partial charge is 0.356 e. The third-order valence-electron chi connectivity index (χ3n) is 3.80. The predicted octanol–water partition coefficient (Wildman–Crippen LogP) is 1.74. The van der Waals surface area contributed by atoms with E-state index in [2.05, 4.69) is 15.0 Å². The lowest BCUT2D eigenvalue weighted by Gasteiger charge is -2.18. The largest absolute Gasteiger partial charge is 0.461 e. The summed E-state index contributed by atoms with van der Waals surface area (Å²) in [7, 11) is 1.72. The fraction of sp³-hybridized carbons (Fsp3) is 0.235. The van der Waals surface area contributed by atoms with Gasteiger partial charge in [-0.1, -0.05) is 0 Å². The number of carbonyl (C=O) groups is 1. The van der Waals surface area contributed by atoms with Gasteiger partial charge in [0.05, 0.1) is 28.9 Å². The number of esters is 1. The first-order valence-electron chi connectivity index (χ1n) is 7.82. The van der Waals surface area contributed by atoms with Gasteiger partial charge in [-0.2, -0.15) is 0 Å². The van der Waals surface area contributed by atoms with Crippen molar-refractivity contribution >= 4 is 33.6 Å². The van der Waals surface area contributed by atoms with Crippen molar-refractivity contribution in [2.75, 3.05) is 13.7 Å². The highest BCUT2D eigenvalue weighted by Gasteiger charge is 2.14. The first kappa shape index (κ1) is 16.7. The molecule has 0 aliphatic carbocycles. The maximum absolute atomic E-state index is 11.8. The lowest BCUT2D eigenvalue weighted by molar-refractivity contribution is 0.0519. The quantitative estimate of drug-likeness (QED) is 0.375. The second-order valence-electron chi connectivity index (χ2n) is 5.72. The third kappa shape index (κ3) is 2.99. The molecule has 0 spiro atoms. The normalized spacial score (nSPS) is 12.3. The van der Waals surface area contributed by atoms with Crippen LogP contribution < -0.4 is 11.6 Å². The van der Waals surface area contributed by atoms with Crippen molar-refractivity contribution in [3.8, 4) is 0 Å². The Balaban J connectivity index is 2.13. The molecule has 8 heteroatoms. The van der Waals surface area contributed by atoms with Crippen LogP contribution in [-0.2, 0) is 4.74 Å². The summed E-state index contributed by atoms with van der Waals surface area (Å²) in [5.41, 5.74) is 10.6. The number of aromatic nitrogens is 3. The fourth-order valence-electron chi connectivity index (χ4n) is 2.82. The molecule has 0 atom stereocenters. The number of hydrogen-bond acceptors (Lipinski definition) is 7. The van der Waals surface area contributed by atoms with Crippen LogP contribution in [0.3, 0.4) is 0 Å². The van der Waals surface area contributed by atoms with Gasteiger partial charge in [-0.05, 0) is 26.0 Å². The molecule has 0 aromatic carbocycles. The molecule has 0 aliphatic rings. The van der Waals surface area contributed by atoms with E-state index in [-0.39, 0.29) is 5.69 Å². The molecule has 0 amide bonds. The monoisotopic (exact) mass is 340 g/mol. The topological polar surface area (TPSA) is 123 Å².